The minimum absolute atomic E-state index is 0.00582. The van der Waals surface area contributed by atoms with Crippen LogP contribution in [-0.2, 0) is 6.54 Å². The van der Waals surface area contributed by atoms with Crippen molar-refractivity contribution in [3.8, 4) is 0 Å². The molecule has 1 nitrogen and oxygen atoms in total. The smallest absolute Gasteiger partial charge is 0.159 e. The average molecular weight is 265 g/mol. The molecule has 1 N–H and O–H groups in total. The van der Waals surface area contributed by atoms with E-state index in [0.29, 0.717) is 12.1 Å². The van der Waals surface area contributed by atoms with Gasteiger partial charge >= 0.3 is 0 Å². The van der Waals surface area contributed by atoms with Crippen molar-refractivity contribution < 1.29 is 13.2 Å². The number of nitrogens with one attached hydrogen (secondary N) is 1. The molecule has 2 aromatic carbocycles. The van der Waals surface area contributed by atoms with E-state index in [9.17, 15) is 13.2 Å². The Hall–Kier alpha value is -1.81. The zero-order valence-corrected chi connectivity index (χ0v) is 10.5. The maximum absolute atomic E-state index is 13.0. The maximum Gasteiger partial charge on any atom is 0.159 e. The molecular formula is C15H14F3N. The highest BCUT2D eigenvalue weighted by Gasteiger charge is 2.06. The second-order valence-electron chi connectivity index (χ2n) is 4.40. The summed E-state index contributed by atoms with van der Waals surface area (Å²) in [6, 6.07) is 9.97. The lowest BCUT2D eigenvalue weighted by Crippen LogP contribution is -2.18. The lowest BCUT2D eigenvalue weighted by molar-refractivity contribution is 0.504. The molecule has 0 spiro atoms. The first-order chi connectivity index (χ1) is 9.06. The lowest BCUT2D eigenvalue weighted by Gasteiger charge is -2.14. The minimum atomic E-state index is -0.853. The van der Waals surface area contributed by atoms with Crippen LogP contribution in [0.2, 0.25) is 0 Å². The van der Waals surface area contributed by atoms with Crippen LogP contribution in [0, 0.1) is 17.5 Å². The van der Waals surface area contributed by atoms with Gasteiger partial charge in [-0.25, -0.2) is 13.2 Å². The van der Waals surface area contributed by atoms with E-state index < -0.39 is 11.6 Å². The van der Waals surface area contributed by atoms with Gasteiger partial charge in [-0.2, -0.15) is 0 Å². The zero-order chi connectivity index (χ0) is 13.8. The van der Waals surface area contributed by atoms with Gasteiger partial charge in [0.25, 0.3) is 0 Å². The summed E-state index contributed by atoms with van der Waals surface area (Å²) in [7, 11) is 0. The molecule has 0 aromatic heterocycles. The molecule has 2 aromatic rings. The van der Waals surface area contributed by atoms with E-state index in [1.165, 1.54) is 24.3 Å². The van der Waals surface area contributed by atoms with E-state index in [0.717, 1.165) is 11.6 Å². The van der Waals surface area contributed by atoms with E-state index in [4.69, 9.17) is 0 Å². The molecule has 0 heterocycles. The Bertz CT molecular complexity index is 552. The summed E-state index contributed by atoms with van der Waals surface area (Å²) in [6.45, 7) is 2.34. The van der Waals surface area contributed by atoms with E-state index in [-0.39, 0.29) is 11.9 Å². The quantitative estimate of drug-likeness (QED) is 0.882. The predicted molar refractivity (Wildman–Crippen MR) is 68.0 cm³/mol. The van der Waals surface area contributed by atoms with Crippen LogP contribution < -0.4 is 5.32 Å². The fourth-order valence-electron chi connectivity index (χ4n) is 1.79. The molecule has 19 heavy (non-hydrogen) atoms. The van der Waals surface area contributed by atoms with Crippen LogP contribution in [0.15, 0.2) is 42.5 Å². The van der Waals surface area contributed by atoms with Gasteiger partial charge in [-0.15, -0.1) is 0 Å². The first-order valence-corrected chi connectivity index (χ1v) is 5.99. The number of rotatable bonds is 4. The summed E-state index contributed by atoms with van der Waals surface area (Å²) in [6.07, 6.45) is 0. The molecule has 0 saturated heterocycles. The number of hydrogen-bond acceptors (Lipinski definition) is 1. The molecule has 0 aliphatic rings. The molecule has 0 radical (unpaired) electrons. The Labute approximate surface area is 110 Å². The third kappa shape index (κ3) is 3.58. The van der Waals surface area contributed by atoms with Crippen molar-refractivity contribution in [1.29, 1.82) is 0 Å². The molecule has 4 heteroatoms. The summed E-state index contributed by atoms with van der Waals surface area (Å²) in [5.41, 5.74) is 1.59. The van der Waals surface area contributed by atoms with E-state index in [1.54, 1.807) is 12.1 Å². The Balaban J connectivity index is 1.98. The Morgan fingerprint density at radius 2 is 1.63 bits per heavy atom. The molecular weight excluding hydrogens is 251 g/mol. The van der Waals surface area contributed by atoms with E-state index >= 15 is 0 Å². The van der Waals surface area contributed by atoms with Gasteiger partial charge in [-0.1, -0.05) is 18.2 Å². The molecule has 0 unspecified atom stereocenters. The van der Waals surface area contributed by atoms with E-state index in [2.05, 4.69) is 5.32 Å². The zero-order valence-electron chi connectivity index (χ0n) is 10.5. The van der Waals surface area contributed by atoms with Crippen molar-refractivity contribution in [2.45, 2.75) is 19.5 Å². The van der Waals surface area contributed by atoms with Crippen LogP contribution in [0.3, 0.4) is 0 Å². The van der Waals surface area contributed by atoms with Gasteiger partial charge in [-0.05, 0) is 42.3 Å². The first-order valence-electron chi connectivity index (χ1n) is 5.99. The fourth-order valence-corrected chi connectivity index (χ4v) is 1.79. The number of hydrogen-bond donors (Lipinski definition) is 1. The predicted octanol–water partition coefficient (Wildman–Crippen LogP) is 3.95. The van der Waals surface area contributed by atoms with Crippen LogP contribution in [0.5, 0.6) is 0 Å². The second kappa shape index (κ2) is 5.89. The summed E-state index contributed by atoms with van der Waals surface area (Å²) >= 11 is 0. The molecule has 0 saturated carbocycles. The summed E-state index contributed by atoms with van der Waals surface area (Å²) in [4.78, 5) is 0. The molecule has 1 atom stereocenters. The number of halogens is 3. The van der Waals surface area contributed by atoms with E-state index in [1.807, 2.05) is 6.92 Å². The third-order valence-electron chi connectivity index (χ3n) is 2.97. The van der Waals surface area contributed by atoms with Gasteiger partial charge in [0.1, 0.15) is 5.82 Å². The largest absolute Gasteiger partial charge is 0.306 e. The van der Waals surface area contributed by atoms with Gasteiger partial charge < -0.3 is 5.32 Å². The fraction of sp³-hybridized carbons (Fsp3) is 0.200. The lowest BCUT2D eigenvalue weighted by atomic mass is 10.1. The van der Waals surface area contributed by atoms with Gasteiger partial charge in [0.2, 0.25) is 0 Å². The summed E-state index contributed by atoms with van der Waals surface area (Å²) < 4.78 is 38.6. The third-order valence-corrected chi connectivity index (χ3v) is 2.97. The first kappa shape index (κ1) is 13.6. The van der Waals surface area contributed by atoms with Crippen molar-refractivity contribution in [3.05, 3.63) is 71.0 Å². The normalized spacial score (nSPS) is 12.4. The molecule has 0 aliphatic carbocycles. The van der Waals surface area contributed by atoms with Crippen molar-refractivity contribution in [2.75, 3.05) is 0 Å². The van der Waals surface area contributed by atoms with Crippen LogP contribution >= 0.6 is 0 Å². The Morgan fingerprint density at radius 3 is 2.26 bits per heavy atom. The monoisotopic (exact) mass is 265 g/mol. The highest BCUT2D eigenvalue weighted by Crippen LogP contribution is 2.14. The average Bonchev–Trinajstić information content (AvgIpc) is 2.40. The van der Waals surface area contributed by atoms with Gasteiger partial charge in [0.05, 0.1) is 0 Å². The molecule has 0 fully saturated rings. The number of benzene rings is 2. The van der Waals surface area contributed by atoms with Gasteiger partial charge in [0.15, 0.2) is 11.6 Å². The van der Waals surface area contributed by atoms with Gasteiger partial charge in [-0.3, -0.25) is 0 Å². The van der Waals surface area contributed by atoms with Crippen molar-refractivity contribution in [3.63, 3.8) is 0 Å². The van der Waals surface area contributed by atoms with Gasteiger partial charge in [0, 0.05) is 12.6 Å². The van der Waals surface area contributed by atoms with Crippen molar-refractivity contribution in [1.82, 2.24) is 5.32 Å². The topological polar surface area (TPSA) is 12.0 Å². The summed E-state index contributed by atoms with van der Waals surface area (Å²) in [5, 5.41) is 3.17. The van der Waals surface area contributed by atoms with Crippen LogP contribution in [0.1, 0.15) is 24.1 Å². The molecule has 2 rings (SSSR count). The van der Waals surface area contributed by atoms with Crippen LogP contribution in [0.4, 0.5) is 13.2 Å². The Morgan fingerprint density at radius 1 is 0.947 bits per heavy atom. The van der Waals surface area contributed by atoms with Crippen molar-refractivity contribution >= 4 is 0 Å². The Kier molecular flexibility index (Phi) is 4.22. The molecule has 100 valence electrons. The highest BCUT2D eigenvalue weighted by atomic mass is 19.2. The second-order valence-corrected chi connectivity index (χ2v) is 4.40. The van der Waals surface area contributed by atoms with Crippen LogP contribution in [-0.4, -0.2) is 0 Å². The molecule has 0 aliphatic heterocycles. The SMILES string of the molecule is C[C@@H](NCc1ccc(F)c(F)c1)c1ccc(F)cc1. The highest BCUT2D eigenvalue weighted by molar-refractivity contribution is 5.21. The van der Waals surface area contributed by atoms with Crippen molar-refractivity contribution in [2.24, 2.45) is 0 Å². The summed E-state index contributed by atoms with van der Waals surface area (Å²) in [5.74, 6) is -1.99. The minimum Gasteiger partial charge on any atom is -0.306 e. The molecule has 0 bridgehead atoms. The molecule has 0 amide bonds. The standard InChI is InChI=1S/C15H14F3N/c1-10(12-3-5-13(16)6-4-12)19-9-11-2-7-14(17)15(18)8-11/h2-8,10,19H,9H2,1H3/t10-/m1/s1. The van der Waals surface area contributed by atoms with Crippen LogP contribution in [0.25, 0.3) is 0 Å². The maximum atomic E-state index is 13.0.